The van der Waals surface area contributed by atoms with Crippen LogP contribution in [0.5, 0.6) is 0 Å². The zero-order chi connectivity index (χ0) is 12.2. The molecular weight excluding hydrogens is 224 g/mol. The van der Waals surface area contributed by atoms with Gasteiger partial charge in [0.15, 0.2) is 0 Å². The number of pyridine rings is 1. The third kappa shape index (κ3) is 2.59. The van der Waals surface area contributed by atoms with Crippen LogP contribution in [0, 0.1) is 0 Å². The Morgan fingerprint density at radius 3 is 3.11 bits per heavy atom. The predicted molar refractivity (Wildman–Crippen MR) is 70.1 cm³/mol. The maximum atomic E-state index is 4.18. The van der Waals surface area contributed by atoms with E-state index in [2.05, 4.69) is 32.2 Å². The molecule has 3 heterocycles. The average molecular weight is 242 g/mol. The van der Waals surface area contributed by atoms with Crippen LogP contribution in [-0.2, 0) is 6.54 Å². The number of likely N-dealkylation sites (tertiary alicyclic amines) is 1. The molecule has 0 aromatic carbocycles. The van der Waals surface area contributed by atoms with E-state index in [-0.39, 0.29) is 0 Å². The summed E-state index contributed by atoms with van der Waals surface area (Å²) in [6.45, 7) is 3.29. The van der Waals surface area contributed by atoms with Gasteiger partial charge in [-0.25, -0.2) is 0 Å². The number of piperidine rings is 1. The van der Waals surface area contributed by atoms with Gasteiger partial charge in [0, 0.05) is 43.3 Å². The van der Waals surface area contributed by atoms with Gasteiger partial charge in [-0.3, -0.25) is 15.0 Å². The lowest BCUT2D eigenvalue weighted by Crippen LogP contribution is -2.34. The highest BCUT2D eigenvalue weighted by Crippen LogP contribution is 2.25. The van der Waals surface area contributed by atoms with Crippen LogP contribution in [0.2, 0.25) is 0 Å². The fraction of sp³-hybridized carbons (Fsp3) is 0.429. The van der Waals surface area contributed by atoms with Crippen molar-refractivity contribution >= 4 is 0 Å². The number of hydrogen-bond acceptors (Lipinski definition) is 3. The minimum atomic E-state index is 0.595. The van der Waals surface area contributed by atoms with Gasteiger partial charge in [0.05, 0.1) is 0 Å². The van der Waals surface area contributed by atoms with E-state index < -0.39 is 0 Å². The fourth-order valence-electron chi connectivity index (χ4n) is 2.70. The molecule has 0 aliphatic carbocycles. The van der Waals surface area contributed by atoms with Crippen LogP contribution in [-0.4, -0.2) is 33.2 Å². The van der Waals surface area contributed by atoms with Crippen LogP contribution in [0.3, 0.4) is 0 Å². The molecule has 0 radical (unpaired) electrons. The monoisotopic (exact) mass is 242 g/mol. The minimum Gasteiger partial charge on any atom is -0.298 e. The third-order valence-electron chi connectivity index (χ3n) is 3.60. The largest absolute Gasteiger partial charge is 0.298 e. The summed E-state index contributed by atoms with van der Waals surface area (Å²) in [7, 11) is 0. The molecule has 0 bridgehead atoms. The molecule has 1 atom stereocenters. The maximum Gasteiger partial charge on any atom is 0.0490 e. The van der Waals surface area contributed by atoms with E-state index in [1.807, 2.05) is 24.7 Å². The number of rotatable bonds is 3. The van der Waals surface area contributed by atoms with Crippen molar-refractivity contribution in [3.05, 3.63) is 48.0 Å². The van der Waals surface area contributed by atoms with E-state index in [4.69, 9.17) is 0 Å². The molecule has 1 aliphatic rings. The Morgan fingerprint density at radius 2 is 2.33 bits per heavy atom. The van der Waals surface area contributed by atoms with Crippen LogP contribution < -0.4 is 0 Å². The minimum absolute atomic E-state index is 0.595. The Labute approximate surface area is 107 Å². The molecule has 0 saturated carbocycles. The van der Waals surface area contributed by atoms with Gasteiger partial charge in [0.25, 0.3) is 0 Å². The van der Waals surface area contributed by atoms with Crippen molar-refractivity contribution < 1.29 is 0 Å². The summed E-state index contributed by atoms with van der Waals surface area (Å²) >= 11 is 0. The Balaban J connectivity index is 1.64. The quantitative estimate of drug-likeness (QED) is 0.897. The van der Waals surface area contributed by atoms with Crippen molar-refractivity contribution in [1.82, 2.24) is 20.1 Å². The van der Waals surface area contributed by atoms with Crippen molar-refractivity contribution in [1.29, 1.82) is 0 Å². The SMILES string of the molecule is c1cncc(CN2CCCC(c3ccn[nH]3)C2)c1. The summed E-state index contributed by atoms with van der Waals surface area (Å²) in [6, 6.07) is 6.25. The Bertz CT molecular complexity index is 466. The van der Waals surface area contributed by atoms with Gasteiger partial charge in [-0.15, -0.1) is 0 Å². The summed E-state index contributed by atoms with van der Waals surface area (Å²) in [6.07, 6.45) is 8.14. The molecule has 0 spiro atoms. The number of nitrogens with zero attached hydrogens (tertiary/aromatic N) is 3. The standard InChI is InChI=1S/C14H18N4/c1-3-12(9-15-6-1)10-18-8-2-4-13(11-18)14-5-7-16-17-14/h1,3,5-7,9,13H,2,4,8,10-11H2,(H,16,17). The molecule has 4 nitrogen and oxygen atoms in total. The third-order valence-corrected chi connectivity index (χ3v) is 3.60. The zero-order valence-corrected chi connectivity index (χ0v) is 10.4. The molecular formula is C14H18N4. The van der Waals surface area contributed by atoms with Gasteiger partial charge in [0.2, 0.25) is 0 Å². The summed E-state index contributed by atoms with van der Waals surface area (Å²) in [5, 5.41) is 7.16. The van der Waals surface area contributed by atoms with Crippen LogP contribution in [0.25, 0.3) is 0 Å². The predicted octanol–water partition coefficient (Wildman–Crippen LogP) is 2.18. The first-order chi connectivity index (χ1) is 8.92. The lowest BCUT2D eigenvalue weighted by atomic mass is 9.95. The second-order valence-corrected chi connectivity index (χ2v) is 4.95. The van der Waals surface area contributed by atoms with E-state index in [9.17, 15) is 0 Å². The Kier molecular flexibility index (Phi) is 3.37. The van der Waals surface area contributed by atoms with Gasteiger partial charge >= 0.3 is 0 Å². The molecule has 1 N–H and O–H groups in total. The maximum absolute atomic E-state index is 4.18. The smallest absolute Gasteiger partial charge is 0.0490 e. The highest BCUT2D eigenvalue weighted by molar-refractivity contribution is 5.10. The first-order valence-electron chi connectivity index (χ1n) is 6.52. The summed E-state index contributed by atoms with van der Waals surface area (Å²) < 4.78 is 0. The normalized spacial score (nSPS) is 21.0. The summed E-state index contributed by atoms with van der Waals surface area (Å²) in [5.41, 5.74) is 2.56. The summed E-state index contributed by atoms with van der Waals surface area (Å²) in [4.78, 5) is 6.68. The van der Waals surface area contributed by atoms with E-state index >= 15 is 0 Å². The van der Waals surface area contributed by atoms with Crippen molar-refractivity contribution in [3.63, 3.8) is 0 Å². The molecule has 1 fully saturated rings. The second kappa shape index (κ2) is 5.31. The van der Waals surface area contributed by atoms with Gasteiger partial charge in [-0.1, -0.05) is 6.07 Å². The van der Waals surface area contributed by atoms with Crippen LogP contribution in [0.15, 0.2) is 36.8 Å². The Hall–Kier alpha value is -1.68. The molecule has 4 heteroatoms. The topological polar surface area (TPSA) is 44.8 Å². The molecule has 94 valence electrons. The van der Waals surface area contributed by atoms with Gasteiger partial charge in [0.1, 0.15) is 0 Å². The lowest BCUT2D eigenvalue weighted by molar-refractivity contribution is 0.198. The molecule has 2 aromatic heterocycles. The number of aromatic nitrogens is 3. The van der Waals surface area contributed by atoms with E-state index in [0.29, 0.717) is 5.92 Å². The molecule has 1 aliphatic heterocycles. The molecule has 3 rings (SSSR count). The van der Waals surface area contributed by atoms with Crippen molar-refractivity contribution in [2.75, 3.05) is 13.1 Å². The highest BCUT2D eigenvalue weighted by Gasteiger charge is 2.22. The van der Waals surface area contributed by atoms with Gasteiger partial charge < -0.3 is 0 Å². The van der Waals surface area contributed by atoms with E-state index in [1.165, 1.54) is 30.6 Å². The van der Waals surface area contributed by atoms with Gasteiger partial charge in [-0.05, 0) is 37.1 Å². The number of hydrogen-bond donors (Lipinski definition) is 1. The van der Waals surface area contributed by atoms with Crippen molar-refractivity contribution in [2.24, 2.45) is 0 Å². The second-order valence-electron chi connectivity index (χ2n) is 4.95. The van der Waals surface area contributed by atoms with Crippen LogP contribution in [0.1, 0.15) is 30.0 Å². The van der Waals surface area contributed by atoms with E-state index in [1.54, 1.807) is 0 Å². The average Bonchev–Trinajstić information content (AvgIpc) is 2.94. The molecule has 0 amide bonds. The number of H-pyrrole nitrogens is 1. The van der Waals surface area contributed by atoms with Crippen LogP contribution >= 0.6 is 0 Å². The molecule has 2 aromatic rings. The first-order valence-corrected chi connectivity index (χ1v) is 6.52. The highest BCUT2D eigenvalue weighted by atomic mass is 15.1. The molecule has 1 unspecified atom stereocenters. The molecule has 18 heavy (non-hydrogen) atoms. The van der Waals surface area contributed by atoms with Crippen molar-refractivity contribution in [3.8, 4) is 0 Å². The lowest BCUT2D eigenvalue weighted by Gasteiger charge is -2.32. The first kappa shape index (κ1) is 11.4. The number of aromatic amines is 1. The molecule has 1 saturated heterocycles. The van der Waals surface area contributed by atoms with Crippen molar-refractivity contribution in [2.45, 2.75) is 25.3 Å². The zero-order valence-electron chi connectivity index (χ0n) is 10.4. The number of nitrogens with one attached hydrogen (secondary N) is 1. The fourth-order valence-corrected chi connectivity index (χ4v) is 2.70. The Morgan fingerprint density at radius 1 is 1.33 bits per heavy atom. The summed E-state index contributed by atoms with van der Waals surface area (Å²) in [5.74, 6) is 0.595. The van der Waals surface area contributed by atoms with Crippen LogP contribution in [0.4, 0.5) is 0 Å². The van der Waals surface area contributed by atoms with E-state index in [0.717, 1.165) is 13.1 Å². The van der Waals surface area contributed by atoms with Gasteiger partial charge in [-0.2, -0.15) is 5.10 Å².